The number of aryl methyl sites for hydroxylation is 1. The molecule has 0 aliphatic heterocycles. The van der Waals surface area contributed by atoms with Gasteiger partial charge >= 0.3 is 0 Å². The summed E-state index contributed by atoms with van der Waals surface area (Å²) in [6.07, 6.45) is 6.11. The number of amides is 1. The van der Waals surface area contributed by atoms with Crippen molar-refractivity contribution < 1.29 is 4.79 Å². The smallest absolute Gasteiger partial charge is 0.240 e. The summed E-state index contributed by atoms with van der Waals surface area (Å²) in [4.78, 5) is 15.5. The predicted molar refractivity (Wildman–Crippen MR) is 74.7 cm³/mol. The molecule has 1 heterocycles. The SMILES string of the molecule is O=C(CCc1ccccc1)N/N=C/c1ccncc1. The fourth-order valence-corrected chi connectivity index (χ4v) is 1.59. The summed E-state index contributed by atoms with van der Waals surface area (Å²) < 4.78 is 0. The number of hydrazone groups is 1. The standard InChI is InChI=1S/C15H15N3O/c19-15(7-6-13-4-2-1-3-5-13)18-17-12-14-8-10-16-11-9-14/h1-5,8-12H,6-7H2,(H,18,19)/b17-12+. The molecule has 0 aliphatic rings. The molecule has 0 atom stereocenters. The molecule has 1 amide bonds. The monoisotopic (exact) mass is 253 g/mol. The van der Waals surface area contributed by atoms with Crippen molar-refractivity contribution in [3.63, 3.8) is 0 Å². The summed E-state index contributed by atoms with van der Waals surface area (Å²) in [6, 6.07) is 13.5. The Balaban J connectivity index is 1.75. The molecule has 0 bridgehead atoms. The lowest BCUT2D eigenvalue weighted by molar-refractivity contribution is -0.121. The third-order valence-corrected chi connectivity index (χ3v) is 2.59. The number of benzene rings is 1. The fourth-order valence-electron chi connectivity index (χ4n) is 1.59. The van der Waals surface area contributed by atoms with Crippen LogP contribution in [0.5, 0.6) is 0 Å². The van der Waals surface area contributed by atoms with Crippen LogP contribution < -0.4 is 5.43 Å². The summed E-state index contributed by atoms with van der Waals surface area (Å²) in [6.45, 7) is 0. The molecule has 0 radical (unpaired) electrons. The van der Waals surface area contributed by atoms with Gasteiger partial charge in [-0.3, -0.25) is 9.78 Å². The van der Waals surface area contributed by atoms with Crippen LogP contribution in [0, 0.1) is 0 Å². The number of carbonyl (C=O) groups excluding carboxylic acids is 1. The predicted octanol–water partition coefficient (Wildman–Crippen LogP) is 2.16. The first-order chi connectivity index (χ1) is 9.34. The Hall–Kier alpha value is -2.49. The van der Waals surface area contributed by atoms with Gasteiger partial charge in [0.15, 0.2) is 0 Å². The molecular formula is C15H15N3O. The van der Waals surface area contributed by atoms with Gasteiger partial charge < -0.3 is 0 Å². The first-order valence-corrected chi connectivity index (χ1v) is 6.10. The number of carbonyl (C=O) groups is 1. The molecule has 1 aromatic carbocycles. The molecule has 0 saturated heterocycles. The zero-order chi connectivity index (χ0) is 13.3. The maximum absolute atomic E-state index is 11.6. The highest BCUT2D eigenvalue weighted by Crippen LogP contribution is 2.01. The van der Waals surface area contributed by atoms with E-state index in [0.717, 1.165) is 17.5 Å². The molecule has 4 nitrogen and oxygen atoms in total. The van der Waals surface area contributed by atoms with Crippen molar-refractivity contribution >= 4 is 12.1 Å². The van der Waals surface area contributed by atoms with Gasteiger partial charge in [-0.15, -0.1) is 0 Å². The van der Waals surface area contributed by atoms with Crippen LogP contribution in [-0.2, 0) is 11.2 Å². The quantitative estimate of drug-likeness (QED) is 0.655. The molecule has 0 fully saturated rings. The van der Waals surface area contributed by atoms with E-state index in [1.165, 1.54) is 0 Å². The minimum Gasteiger partial charge on any atom is -0.273 e. The molecule has 1 N–H and O–H groups in total. The first-order valence-electron chi connectivity index (χ1n) is 6.10. The molecule has 4 heteroatoms. The average molecular weight is 253 g/mol. The van der Waals surface area contributed by atoms with Crippen molar-refractivity contribution in [2.24, 2.45) is 5.10 Å². The van der Waals surface area contributed by atoms with Crippen LogP contribution in [-0.4, -0.2) is 17.1 Å². The third-order valence-electron chi connectivity index (χ3n) is 2.59. The second-order valence-corrected chi connectivity index (χ2v) is 4.06. The van der Waals surface area contributed by atoms with Gasteiger partial charge in [0.1, 0.15) is 0 Å². The van der Waals surface area contributed by atoms with Gasteiger partial charge in [-0.2, -0.15) is 5.10 Å². The van der Waals surface area contributed by atoms with E-state index in [0.29, 0.717) is 6.42 Å². The van der Waals surface area contributed by atoms with E-state index in [1.54, 1.807) is 18.6 Å². The zero-order valence-corrected chi connectivity index (χ0v) is 10.5. The number of nitrogens with one attached hydrogen (secondary N) is 1. The lowest BCUT2D eigenvalue weighted by atomic mass is 10.1. The topological polar surface area (TPSA) is 54.4 Å². The number of nitrogens with zero attached hydrogens (tertiary/aromatic N) is 2. The van der Waals surface area contributed by atoms with Crippen LogP contribution in [0.2, 0.25) is 0 Å². The van der Waals surface area contributed by atoms with Gasteiger partial charge in [-0.25, -0.2) is 5.43 Å². The van der Waals surface area contributed by atoms with Crippen LogP contribution in [0.25, 0.3) is 0 Å². The van der Waals surface area contributed by atoms with Crippen molar-refractivity contribution in [1.82, 2.24) is 10.4 Å². The Morgan fingerprint density at radius 2 is 1.89 bits per heavy atom. The summed E-state index contributed by atoms with van der Waals surface area (Å²) >= 11 is 0. The maximum Gasteiger partial charge on any atom is 0.240 e. The van der Waals surface area contributed by atoms with Crippen LogP contribution in [0.1, 0.15) is 17.5 Å². The van der Waals surface area contributed by atoms with Gasteiger partial charge in [0.2, 0.25) is 5.91 Å². The van der Waals surface area contributed by atoms with E-state index in [4.69, 9.17) is 0 Å². The first kappa shape index (κ1) is 13.0. The third kappa shape index (κ3) is 4.71. The lowest BCUT2D eigenvalue weighted by Gasteiger charge is -2.00. The number of hydrogen-bond acceptors (Lipinski definition) is 3. The van der Waals surface area contributed by atoms with Crippen molar-refractivity contribution in [2.45, 2.75) is 12.8 Å². The van der Waals surface area contributed by atoms with Crippen LogP contribution in [0.15, 0.2) is 60.0 Å². The van der Waals surface area contributed by atoms with E-state index in [9.17, 15) is 4.79 Å². The molecular weight excluding hydrogens is 238 g/mol. The minimum atomic E-state index is -0.0887. The van der Waals surface area contributed by atoms with Gasteiger partial charge in [0.05, 0.1) is 6.21 Å². The highest BCUT2D eigenvalue weighted by atomic mass is 16.2. The molecule has 0 unspecified atom stereocenters. The van der Waals surface area contributed by atoms with Gasteiger partial charge in [-0.05, 0) is 29.7 Å². The molecule has 96 valence electrons. The second kappa shape index (κ2) is 7.06. The summed E-state index contributed by atoms with van der Waals surface area (Å²) in [5.74, 6) is -0.0887. The van der Waals surface area contributed by atoms with E-state index in [1.807, 2.05) is 42.5 Å². The number of aromatic nitrogens is 1. The Morgan fingerprint density at radius 1 is 1.16 bits per heavy atom. The average Bonchev–Trinajstić information content (AvgIpc) is 2.47. The van der Waals surface area contributed by atoms with E-state index in [-0.39, 0.29) is 5.91 Å². The molecule has 0 spiro atoms. The number of hydrogen-bond donors (Lipinski definition) is 1. The molecule has 2 rings (SSSR count). The van der Waals surface area contributed by atoms with Crippen molar-refractivity contribution in [1.29, 1.82) is 0 Å². The van der Waals surface area contributed by atoms with Gasteiger partial charge in [-0.1, -0.05) is 30.3 Å². The summed E-state index contributed by atoms with van der Waals surface area (Å²) in [5, 5.41) is 3.90. The maximum atomic E-state index is 11.6. The lowest BCUT2D eigenvalue weighted by Crippen LogP contribution is -2.17. The van der Waals surface area contributed by atoms with E-state index in [2.05, 4.69) is 15.5 Å². The number of pyridine rings is 1. The van der Waals surface area contributed by atoms with Crippen molar-refractivity contribution in [2.75, 3.05) is 0 Å². The Bertz CT molecular complexity index is 538. The molecule has 0 saturated carbocycles. The highest BCUT2D eigenvalue weighted by molar-refractivity contribution is 5.82. The zero-order valence-electron chi connectivity index (χ0n) is 10.5. The normalized spacial score (nSPS) is 10.5. The molecule has 19 heavy (non-hydrogen) atoms. The van der Waals surface area contributed by atoms with Crippen molar-refractivity contribution in [3.8, 4) is 0 Å². The minimum absolute atomic E-state index is 0.0887. The number of rotatable bonds is 5. The van der Waals surface area contributed by atoms with E-state index < -0.39 is 0 Å². The van der Waals surface area contributed by atoms with Gasteiger partial charge in [0, 0.05) is 18.8 Å². The summed E-state index contributed by atoms with van der Waals surface area (Å²) in [7, 11) is 0. The Kier molecular flexibility index (Phi) is 4.81. The van der Waals surface area contributed by atoms with Gasteiger partial charge in [0.25, 0.3) is 0 Å². The Labute approximate surface area is 112 Å². The highest BCUT2D eigenvalue weighted by Gasteiger charge is 2.00. The fraction of sp³-hybridized carbons (Fsp3) is 0.133. The molecule has 2 aromatic rings. The largest absolute Gasteiger partial charge is 0.273 e. The van der Waals surface area contributed by atoms with Crippen molar-refractivity contribution in [3.05, 3.63) is 66.0 Å². The van der Waals surface area contributed by atoms with E-state index >= 15 is 0 Å². The van der Waals surface area contributed by atoms with Crippen LogP contribution in [0.4, 0.5) is 0 Å². The van der Waals surface area contributed by atoms with Crippen LogP contribution in [0.3, 0.4) is 0 Å². The molecule has 0 aliphatic carbocycles. The Morgan fingerprint density at radius 3 is 2.63 bits per heavy atom. The molecule has 1 aromatic heterocycles. The summed E-state index contributed by atoms with van der Waals surface area (Å²) in [5.41, 5.74) is 4.56. The van der Waals surface area contributed by atoms with Crippen LogP contribution >= 0.6 is 0 Å². The second-order valence-electron chi connectivity index (χ2n) is 4.06.